The number of amidine groups is 1. The summed E-state index contributed by atoms with van der Waals surface area (Å²) in [6, 6.07) is 6.54. The van der Waals surface area contributed by atoms with Crippen molar-refractivity contribution in [1.82, 2.24) is 9.78 Å². The second kappa shape index (κ2) is 5.74. The number of oxime groups is 1. The molecule has 7 nitrogen and oxygen atoms in total. The largest absolute Gasteiger partial charge is 0.409 e. The molecule has 0 aliphatic rings. The van der Waals surface area contributed by atoms with E-state index in [1.165, 1.54) is 0 Å². The van der Waals surface area contributed by atoms with Gasteiger partial charge in [0.15, 0.2) is 11.5 Å². The van der Waals surface area contributed by atoms with Crippen LogP contribution in [0.1, 0.15) is 16.1 Å². The van der Waals surface area contributed by atoms with Gasteiger partial charge in [0, 0.05) is 23.3 Å². The fraction of sp³-hybridized carbons (Fsp3) is 0.0833. The lowest BCUT2D eigenvalue weighted by molar-refractivity contribution is 0.102. The van der Waals surface area contributed by atoms with Gasteiger partial charge in [-0.25, -0.2) is 0 Å². The average Bonchev–Trinajstić information content (AvgIpc) is 2.86. The van der Waals surface area contributed by atoms with Crippen LogP contribution in [0.2, 0.25) is 0 Å². The number of anilines is 1. The summed E-state index contributed by atoms with van der Waals surface area (Å²) in [5.41, 5.74) is 6.91. The number of hydrogen-bond acceptors (Lipinski definition) is 4. The Morgan fingerprint density at radius 3 is 2.80 bits per heavy atom. The number of aromatic nitrogens is 2. The fourth-order valence-corrected chi connectivity index (χ4v) is 2.03. The van der Waals surface area contributed by atoms with Crippen LogP contribution in [0.3, 0.4) is 0 Å². The Kier molecular flexibility index (Phi) is 4.04. The molecular formula is C12H12BrN5O2. The second-order valence-corrected chi connectivity index (χ2v) is 4.86. The molecule has 1 amide bonds. The molecule has 0 saturated heterocycles. The topological polar surface area (TPSA) is 106 Å². The van der Waals surface area contributed by atoms with E-state index in [4.69, 9.17) is 10.9 Å². The van der Waals surface area contributed by atoms with Gasteiger partial charge in [-0.1, -0.05) is 5.16 Å². The summed E-state index contributed by atoms with van der Waals surface area (Å²) in [5.74, 6) is -0.323. The minimum Gasteiger partial charge on any atom is -0.409 e. The second-order valence-electron chi connectivity index (χ2n) is 4.01. The highest BCUT2D eigenvalue weighted by Gasteiger charge is 2.11. The normalized spacial score (nSPS) is 11.4. The Labute approximate surface area is 123 Å². The van der Waals surface area contributed by atoms with Gasteiger partial charge < -0.3 is 16.3 Å². The Morgan fingerprint density at radius 2 is 2.25 bits per heavy atom. The predicted molar refractivity (Wildman–Crippen MR) is 77.8 cm³/mol. The van der Waals surface area contributed by atoms with Crippen molar-refractivity contribution < 1.29 is 10.0 Å². The number of nitrogens with two attached hydrogens (primary N) is 1. The summed E-state index contributed by atoms with van der Waals surface area (Å²) in [6.45, 7) is 0. The number of benzene rings is 1. The molecular weight excluding hydrogens is 326 g/mol. The van der Waals surface area contributed by atoms with Crippen molar-refractivity contribution in [3.8, 4) is 0 Å². The monoisotopic (exact) mass is 337 g/mol. The van der Waals surface area contributed by atoms with Crippen molar-refractivity contribution in [2.24, 2.45) is 17.9 Å². The van der Waals surface area contributed by atoms with E-state index >= 15 is 0 Å². The molecule has 0 aliphatic carbocycles. The Hall–Kier alpha value is -2.35. The number of nitrogens with one attached hydrogen (secondary N) is 1. The lowest BCUT2D eigenvalue weighted by atomic mass is 10.2. The third-order valence-corrected chi connectivity index (χ3v) is 3.22. The molecule has 0 bridgehead atoms. The number of carbonyl (C=O) groups excluding carboxylic acids is 1. The fourth-order valence-electron chi connectivity index (χ4n) is 1.56. The van der Waals surface area contributed by atoms with Crippen molar-refractivity contribution in [2.75, 3.05) is 5.32 Å². The molecule has 0 atom stereocenters. The molecule has 1 aromatic carbocycles. The molecule has 0 fully saturated rings. The van der Waals surface area contributed by atoms with Gasteiger partial charge in [-0.2, -0.15) is 5.10 Å². The molecule has 0 spiro atoms. The van der Waals surface area contributed by atoms with E-state index in [1.807, 2.05) is 0 Å². The lowest BCUT2D eigenvalue weighted by Gasteiger charge is -2.07. The maximum Gasteiger partial charge on any atom is 0.276 e. The molecule has 104 valence electrons. The zero-order chi connectivity index (χ0) is 14.7. The minimum atomic E-state index is -0.317. The van der Waals surface area contributed by atoms with Crippen LogP contribution in [0, 0.1) is 0 Å². The summed E-state index contributed by atoms with van der Waals surface area (Å²) in [6.07, 6.45) is 1.69. The molecule has 2 aromatic rings. The highest BCUT2D eigenvalue weighted by atomic mass is 79.9. The van der Waals surface area contributed by atoms with Crippen molar-refractivity contribution in [3.63, 3.8) is 0 Å². The van der Waals surface area contributed by atoms with E-state index in [2.05, 4.69) is 31.5 Å². The lowest BCUT2D eigenvalue weighted by Crippen LogP contribution is -2.15. The van der Waals surface area contributed by atoms with E-state index < -0.39 is 0 Å². The first-order chi connectivity index (χ1) is 9.51. The zero-order valence-electron chi connectivity index (χ0n) is 10.5. The number of rotatable bonds is 3. The van der Waals surface area contributed by atoms with Gasteiger partial charge in [0.25, 0.3) is 5.91 Å². The highest BCUT2D eigenvalue weighted by Crippen LogP contribution is 2.24. The van der Waals surface area contributed by atoms with Crippen LogP contribution in [0.15, 0.2) is 40.1 Å². The van der Waals surface area contributed by atoms with Gasteiger partial charge in [0.05, 0.1) is 5.69 Å². The Morgan fingerprint density at radius 1 is 1.50 bits per heavy atom. The predicted octanol–water partition coefficient (Wildman–Crippen LogP) is 1.53. The molecule has 0 saturated carbocycles. The quantitative estimate of drug-likeness (QED) is 0.341. The summed E-state index contributed by atoms with van der Waals surface area (Å²) >= 11 is 3.32. The average molecular weight is 338 g/mol. The number of halogens is 1. The third kappa shape index (κ3) is 2.97. The number of nitrogens with zero attached hydrogens (tertiary/aromatic N) is 3. The first kappa shape index (κ1) is 14.1. The van der Waals surface area contributed by atoms with Crippen LogP contribution in [0.25, 0.3) is 0 Å². The van der Waals surface area contributed by atoms with Crippen LogP contribution in [-0.2, 0) is 7.05 Å². The van der Waals surface area contributed by atoms with Crippen molar-refractivity contribution in [1.29, 1.82) is 0 Å². The summed E-state index contributed by atoms with van der Waals surface area (Å²) in [7, 11) is 1.73. The first-order valence-corrected chi connectivity index (χ1v) is 6.39. The van der Waals surface area contributed by atoms with Crippen LogP contribution in [0.5, 0.6) is 0 Å². The maximum absolute atomic E-state index is 12.0. The van der Waals surface area contributed by atoms with Crippen molar-refractivity contribution >= 4 is 33.4 Å². The molecule has 8 heteroatoms. The first-order valence-electron chi connectivity index (χ1n) is 5.59. The minimum absolute atomic E-state index is 0.00620. The van der Waals surface area contributed by atoms with Gasteiger partial charge >= 0.3 is 0 Å². The summed E-state index contributed by atoms with van der Waals surface area (Å²) in [5, 5.41) is 18.3. The number of aryl methyl sites for hydroxylation is 1. The van der Waals surface area contributed by atoms with Gasteiger partial charge in [-0.15, -0.1) is 0 Å². The standard InChI is InChI=1S/C12H12BrN5O2/c1-18-5-4-10(16-18)12(19)15-9-3-2-7(6-8(9)13)11(14)17-20/h2-6,20H,1H3,(H2,14,17)(H,15,19). The zero-order valence-corrected chi connectivity index (χ0v) is 12.1. The molecule has 1 aromatic heterocycles. The van der Waals surface area contributed by atoms with Crippen LogP contribution < -0.4 is 11.1 Å². The number of amides is 1. The molecule has 2 rings (SSSR count). The van der Waals surface area contributed by atoms with Gasteiger partial charge in [0.1, 0.15) is 0 Å². The van der Waals surface area contributed by atoms with Crippen molar-refractivity contribution in [3.05, 3.63) is 46.2 Å². The van der Waals surface area contributed by atoms with Gasteiger partial charge in [0.2, 0.25) is 0 Å². The summed E-state index contributed by atoms with van der Waals surface area (Å²) in [4.78, 5) is 12.0. The molecule has 0 aliphatic heterocycles. The smallest absolute Gasteiger partial charge is 0.276 e. The van der Waals surface area contributed by atoms with E-state index in [1.54, 1.807) is 42.2 Å². The maximum atomic E-state index is 12.0. The van der Waals surface area contributed by atoms with E-state index in [-0.39, 0.29) is 11.7 Å². The molecule has 0 unspecified atom stereocenters. The van der Waals surface area contributed by atoms with Crippen LogP contribution in [-0.4, -0.2) is 26.7 Å². The Balaban J connectivity index is 2.20. The molecule has 1 heterocycles. The van der Waals surface area contributed by atoms with Crippen LogP contribution in [0.4, 0.5) is 5.69 Å². The Bertz CT molecular complexity index is 680. The highest BCUT2D eigenvalue weighted by molar-refractivity contribution is 9.10. The van der Waals surface area contributed by atoms with Crippen molar-refractivity contribution in [2.45, 2.75) is 0 Å². The molecule has 20 heavy (non-hydrogen) atoms. The van der Waals surface area contributed by atoms with E-state index in [0.29, 0.717) is 21.4 Å². The molecule has 0 radical (unpaired) electrons. The van der Waals surface area contributed by atoms with Gasteiger partial charge in [-0.3, -0.25) is 9.48 Å². The number of hydrogen-bond donors (Lipinski definition) is 3. The van der Waals surface area contributed by atoms with E-state index in [0.717, 1.165) is 0 Å². The van der Waals surface area contributed by atoms with E-state index in [9.17, 15) is 4.79 Å². The van der Waals surface area contributed by atoms with Gasteiger partial charge in [-0.05, 0) is 40.2 Å². The summed E-state index contributed by atoms with van der Waals surface area (Å²) < 4.78 is 2.16. The SMILES string of the molecule is Cn1ccc(C(=O)Nc2ccc(/C(N)=N/O)cc2Br)n1. The third-order valence-electron chi connectivity index (χ3n) is 2.57. The van der Waals surface area contributed by atoms with Crippen LogP contribution >= 0.6 is 15.9 Å². The molecule has 4 N–H and O–H groups in total. The number of carbonyl (C=O) groups is 1.